The molecule has 0 saturated carbocycles. The number of rotatable bonds is 7. The molecule has 0 aliphatic carbocycles. The van der Waals surface area contributed by atoms with Crippen LogP contribution in [0.1, 0.15) is 41.8 Å². The van der Waals surface area contributed by atoms with E-state index in [1.165, 1.54) is 0 Å². The van der Waals surface area contributed by atoms with Crippen molar-refractivity contribution in [3.05, 3.63) is 65.4 Å². The zero-order valence-electron chi connectivity index (χ0n) is 17.8. The molecule has 0 radical (unpaired) electrons. The molecule has 6 heteroatoms. The van der Waals surface area contributed by atoms with Crippen LogP contribution in [0.4, 0.5) is 5.69 Å². The molecule has 1 N–H and O–H groups in total. The lowest BCUT2D eigenvalue weighted by Crippen LogP contribution is -2.28. The van der Waals surface area contributed by atoms with Crippen LogP contribution in [0.5, 0.6) is 0 Å². The number of hydrogen-bond acceptors (Lipinski definition) is 4. The second kappa shape index (κ2) is 8.76. The average Bonchev–Trinajstić information content (AvgIpc) is 3.40. The fourth-order valence-corrected chi connectivity index (χ4v) is 4.25. The number of ketones is 1. The number of aryl methyl sites for hydroxylation is 2. The second-order valence-electron chi connectivity index (χ2n) is 7.81. The van der Waals surface area contributed by atoms with Crippen LogP contribution >= 0.6 is 0 Å². The summed E-state index contributed by atoms with van der Waals surface area (Å²) in [7, 11) is 0. The highest BCUT2D eigenvalue weighted by molar-refractivity contribution is 6.09. The molecule has 1 aliphatic rings. The number of esters is 1. The number of nitrogens with zero attached hydrogens (tertiary/aromatic N) is 1. The molecule has 160 valence electrons. The molecule has 4 rings (SSSR count). The van der Waals surface area contributed by atoms with E-state index < -0.39 is 11.9 Å². The van der Waals surface area contributed by atoms with Gasteiger partial charge in [0.15, 0.2) is 6.61 Å². The number of carbonyl (C=O) groups excluding carboxylic acids is 3. The van der Waals surface area contributed by atoms with Gasteiger partial charge in [0.05, 0.1) is 5.92 Å². The maximum Gasteiger partial charge on any atom is 0.311 e. The average molecular weight is 418 g/mol. The van der Waals surface area contributed by atoms with E-state index in [-0.39, 0.29) is 31.3 Å². The molecule has 1 saturated heterocycles. The Labute approximate surface area is 181 Å². The van der Waals surface area contributed by atoms with Crippen LogP contribution in [0.15, 0.2) is 48.7 Å². The van der Waals surface area contributed by atoms with E-state index in [0.717, 1.165) is 40.6 Å². The first-order valence-corrected chi connectivity index (χ1v) is 10.7. The molecule has 0 bridgehead atoms. The third-order valence-corrected chi connectivity index (χ3v) is 5.95. The van der Waals surface area contributed by atoms with Crippen molar-refractivity contribution in [1.29, 1.82) is 0 Å². The van der Waals surface area contributed by atoms with Crippen LogP contribution < -0.4 is 4.90 Å². The van der Waals surface area contributed by atoms with E-state index >= 15 is 0 Å². The number of aromatic amines is 1. The molecule has 6 nitrogen and oxygen atoms in total. The number of H-pyrrole nitrogens is 1. The van der Waals surface area contributed by atoms with E-state index in [4.69, 9.17) is 4.74 Å². The third kappa shape index (κ3) is 3.98. The summed E-state index contributed by atoms with van der Waals surface area (Å²) in [4.78, 5) is 42.6. The number of nitrogens with one attached hydrogen (secondary N) is 1. The van der Waals surface area contributed by atoms with Crippen LogP contribution in [0.25, 0.3) is 10.9 Å². The van der Waals surface area contributed by atoms with E-state index in [2.05, 4.69) is 11.9 Å². The molecular formula is C25H26N2O4. The summed E-state index contributed by atoms with van der Waals surface area (Å²) in [6.45, 7) is 4.03. The number of Topliss-reactive ketones (excluding diaryl/α,β-unsaturated/α-hetero) is 1. The van der Waals surface area contributed by atoms with Gasteiger partial charge >= 0.3 is 5.97 Å². The maximum atomic E-state index is 12.7. The van der Waals surface area contributed by atoms with E-state index in [9.17, 15) is 14.4 Å². The minimum absolute atomic E-state index is 0.0953. The fourth-order valence-electron chi connectivity index (χ4n) is 4.25. The second-order valence-corrected chi connectivity index (χ2v) is 7.81. The van der Waals surface area contributed by atoms with Crippen molar-refractivity contribution in [3.8, 4) is 0 Å². The standard InChI is InChI=1S/C25H26N2O4/c1-3-16-8-5-6-11-21(16)27-14-18(12-23(27)29)25(30)31-15-22(28)20-13-26-24-17(4-2)9-7-10-19(20)24/h5-11,13,18,26H,3-4,12,14-15H2,1-2H3/t18-/m0/s1. The van der Waals surface area contributed by atoms with Gasteiger partial charge in [-0.15, -0.1) is 0 Å². The minimum atomic E-state index is -0.570. The molecule has 3 aromatic rings. The number of fused-ring (bicyclic) bond motifs is 1. The Morgan fingerprint density at radius 2 is 1.81 bits per heavy atom. The number of para-hydroxylation sites is 2. The lowest BCUT2D eigenvalue weighted by Gasteiger charge is -2.19. The van der Waals surface area contributed by atoms with Crippen molar-refractivity contribution < 1.29 is 19.1 Å². The Morgan fingerprint density at radius 3 is 2.58 bits per heavy atom. The minimum Gasteiger partial charge on any atom is -0.457 e. The highest BCUT2D eigenvalue weighted by Crippen LogP contribution is 2.29. The Kier molecular flexibility index (Phi) is 5.89. The molecule has 1 aliphatic heterocycles. The van der Waals surface area contributed by atoms with Crippen molar-refractivity contribution in [2.24, 2.45) is 5.92 Å². The number of amides is 1. The molecule has 31 heavy (non-hydrogen) atoms. The van der Waals surface area contributed by atoms with Crippen LogP contribution in [0, 0.1) is 5.92 Å². The fraction of sp³-hybridized carbons (Fsp3) is 0.320. The lowest BCUT2D eigenvalue weighted by atomic mass is 10.1. The summed E-state index contributed by atoms with van der Waals surface area (Å²) in [5.41, 5.74) is 4.48. The van der Waals surface area contributed by atoms with Crippen LogP contribution in [0.2, 0.25) is 0 Å². The number of carbonyl (C=O) groups is 3. The summed E-state index contributed by atoms with van der Waals surface area (Å²) >= 11 is 0. The molecule has 1 atom stereocenters. The van der Waals surface area contributed by atoms with Gasteiger partial charge in [-0.1, -0.05) is 50.2 Å². The SMILES string of the molecule is CCc1ccccc1N1C[C@@H](C(=O)OCC(=O)c2c[nH]c3c(CC)cccc23)CC1=O. The maximum absolute atomic E-state index is 12.7. The van der Waals surface area contributed by atoms with Gasteiger partial charge in [-0.3, -0.25) is 14.4 Å². The predicted octanol–water partition coefficient (Wildman–Crippen LogP) is 4.07. The van der Waals surface area contributed by atoms with Gasteiger partial charge < -0.3 is 14.6 Å². The highest BCUT2D eigenvalue weighted by atomic mass is 16.5. The summed E-state index contributed by atoms with van der Waals surface area (Å²) in [5.74, 6) is -1.43. The number of hydrogen-bond donors (Lipinski definition) is 1. The van der Waals surface area contributed by atoms with Gasteiger partial charge in [0.2, 0.25) is 11.7 Å². The number of ether oxygens (including phenoxy) is 1. The Morgan fingerprint density at radius 1 is 1.06 bits per heavy atom. The molecule has 1 amide bonds. The molecule has 1 aromatic heterocycles. The van der Waals surface area contributed by atoms with Gasteiger partial charge in [0.1, 0.15) is 0 Å². The third-order valence-electron chi connectivity index (χ3n) is 5.95. The normalized spacial score (nSPS) is 16.1. The summed E-state index contributed by atoms with van der Waals surface area (Å²) < 4.78 is 5.32. The van der Waals surface area contributed by atoms with Crippen LogP contribution in [-0.4, -0.2) is 35.8 Å². The van der Waals surface area contributed by atoms with Gasteiger partial charge in [-0.2, -0.15) is 0 Å². The van der Waals surface area contributed by atoms with Crippen molar-refractivity contribution in [2.45, 2.75) is 33.1 Å². The molecular weight excluding hydrogens is 392 g/mol. The largest absolute Gasteiger partial charge is 0.457 e. The molecule has 1 fully saturated rings. The Balaban J connectivity index is 1.41. The number of benzene rings is 2. The van der Waals surface area contributed by atoms with Gasteiger partial charge in [-0.25, -0.2) is 0 Å². The number of aromatic nitrogens is 1. The quantitative estimate of drug-likeness (QED) is 0.463. The van der Waals surface area contributed by atoms with E-state index in [1.807, 2.05) is 49.4 Å². The Bertz CT molecular complexity index is 1150. The van der Waals surface area contributed by atoms with E-state index in [0.29, 0.717) is 5.56 Å². The van der Waals surface area contributed by atoms with Gasteiger partial charge in [0, 0.05) is 41.3 Å². The van der Waals surface area contributed by atoms with Crippen molar-refractivity contribution in [1.82, 2.24) is 4.98 Å². The van der Waals surface area contributed by atoms with Gasteiger partial charge in [-0.05, 0) is 30.0 Å². The van der Waals surface area contributed by atoms with E-state index in [1.54, 1.807) is 11.1 Å². The Hall–Kier alpha value is -3.41. The van der Waals surface area contributed by atoms with Crippen LogP contribution in [0.3, 0.4) is 0 Å². The summed E-state index contributed by atoms with van der Waals surface area (Å²) in [6, 6.07) is 13.5. The monoisotopic (exact) mass is 418 g/mol. The smallest absolute Gasteiger partial charge is 0.311 e. The predicted molar refractivity (Wildman–Crippen MR) is 119 cm³/mol. The number of anilines is 1. The zero-order chi connectivity index (χ0) is 22.0. The van der Waals surface area contributed by atoms with Crippen LogP contribution in [-0.2, 0) is 27.2 Å². The first-order chi connectivity index (χ1) is 15.0. The zero-order valence-corrected chi connectivity index (χ0v) is 17.8. The first kappa shape index (κ1) is 20.8. The molecule has 0 spiro atoms. The summed E-state index contributed by atoms with van der Waals surface area (Å²) in [6.07, 6.45) is 3.42. The molecule has 2 aromatic carbocycles. The highest BCUT2D eigenvalue weighted by Gasteiger charge is 2.37. The van der Waals surface area contributed by atoms with Crippen molar-refractivity contribution in [2.75, 3.05) is 18.1 Å². The topological polar surface area (TPSA) is 79.5 Å². The molecule has 0 unspecified atom stereocenters. The first-order valence-electron chi connectivity index (χ1n) is 10.7. The van der Waals surface area contributed by atoms with Crippen molar-refractivity contribution >= 4 is 34.3 Å². The lowest BCUT2D eigenvalue weighted by molar-refractivity contribution is -0.147. The summed E-state index contributed by atoms with van der Waals surface area (Å²) in [5, 5.41) is 0.832. The molecule has 2 heterocycles. The van der Waals surface area contributed by atoms with Gasteiger partial charge in [0.25, 0.3) is 0 Å². The van der Waals surface area contributed by atoms with Crippen molar-refractivity contribution in [3.63, 3.8) is 0 Å².